The van der Waals surface area contributed by atoms with E-state index in [0.29, 0.717) is 0 Å². The molecule has 0 radical (unpaired) electrons. The standard InChI is InChI=1S/C27H28S/c1-4-19(2)9-8-12-24-26-18-28-17-23(26)16-25(22-14-13-20(3)15-22)27(24)21-10-6-5-7-11-21/h4-11,14,16-18,20H,12-13,15H2,1-3H3/b9-8-,19-4-. The predicted octanol–water partition coefficient (Wildman–Crippen LogP) is 8.45. The fourth-order valence-corrected chi connectivity index (χ4v) is 4.98. The zero-order valence-corrected chi connectivity index (χ0v) is 17.9. The number of allylic oxidation sites excluding steroid dienone is 6. The Morgan fingerprint density at radius 2 is 2.00 bits per heavy atom. The van der Waals surface area contributed by atoms with Gasteiger partial charge in [0.2, 0.25) is 0 Å². The summed E-state index contributed by atoms with van der Waals surface area (Å²) in [4.78, 5) is 0. The van der Waals surface area contributed by atoms with Gasteiger partial charge in [0, 0.05) is 0 Å². The van der Waals surface area contributed by atoms with Crippen LogP contribution >= 0.6 is 11.3 Å². The zero-order valence-electron chi connectivity index (χ0n) is 17.0. The minimum atomic E-state index is 0.748. The van der Waals surface area contributed by atoms with E-state index in [2.05, 4.69) is 92.2 Å². The second-order valence-electron chi connectivity index (χ2n) is 7.93. The molecule has 0 N–H and O–H groups in total. The van der Waals surface area contributed by atoms with E-state index in [1.54, 1.807) is 0 Å². The molecular formula is C27H28S. The molecule has 0 spiro atoms. The van der Waals surface area contributed by atoms with E-state index in [-0.39, 0.29) is 0 Å². The van der Waals surface area contributed by atoms with E-state index >= 15 is 0 Å². The van der Waals surface area contributed by atoms with E-state index in [4.69, 9.17) is 0 Å². The second kappa shape index (κ2) is 8.32. The third kappa shape index (κ3) is 3.77. The molecule has 0 bridgehead atoms. The first-order chi connectivity index (χ1) is 13.7. The number of hydrogen-bond acceptors (Lipinski definition) is 1. The fraction of sp³-hybridized carbons (Fsp3) is 0.259. The largest absolute Gasteiger partial charge is 0.151 e. The fourth-order valence-electron chi connectivity index (χ4n) is 4.15. The Kier molecular flexibility index (Phi) is 5.64. The third-order valence-corrected chi connectivity index (χ3v) is 6.55. The summed E-state index contributed by atoms with van der Waals surface area (Å²) in [5.41, 5.74) is 8.49. The Morgan fingerprint density at radius 1 is 1.18 bits per heavy atom. The van der Waals surface area contributed by atoms with Crippen molar-refractivity contribution in [2.75, 3.05) is 0 Å². The van der Waals surface area contributed by atoms with Crippen LogP contribution in [0.1, 0.15) is 44.7 Å². The first-order valence-corrected chi connectivity index (χ1v) is 11.2. The first-order valence-electron chi connectivity index (χ1n) is 10.2. The Labute approximate surface area is 172 Å². The summed E-state index contributed by atoms with van der Waals surface area (Å²) in [6.45, 7) is 6.62. The van der Waals surface area contributed by atoms with Gasteiger partial charge in [0.05, 0.1) is 0 Å². The highest BCUT2D eigenvalue weighted by Gasteiger charge is 2.21. The lowest BCUT2D eigenvalue weighted by molar-refractivity contribution is 0.642. The normalized spacial score (nSPS) is 17.6. The SMILES string of the molecule is C/C=C(C)\C=C/Cc1c(-c2ccccc2)c(C2=CCC(C)C2)cc2cscc12. The molecule has 4 rings (SSSR count). The maximum absolute atomic E-state index is 2.47. The van der Waals surface area contributed by atoms with Gasteiger partial charge in [-0.2, -0.15) is 11.3 Å². The average Bonchev–Trinajstić information content (AvgIpc) is 3.36. The van der Waals surface area contributed by atoms with Crippen LogP contribution in [-0.4, -0.2) is 0 Å². The maximum Gasteiger partial charge on any atom is -0.00114 e. The summed E-state index contributed by atoms with van der Waals surface area (Å²) in [6, 6.07) is 13.4. The van der Waals surface area contributed by atoms with Crippen molar-refractivity contribution in [1.82, 2.24) is 0 Å². The highest BCUT2D eigenvalue weighted by molar-refractivity contribution is 7.09. The molecule has 1 aromatic heterocycles. The van der Waals surface area contributed by atoms with Gasteiger partial charge >= 0.3 is 0 Å². The molecule has 1 aliphatic carbocycles. The average molecular weight is 385 g/mol. The number of fused-ring (bicyclic) bond motifs is 1. The van der Waals surface area contributed by atoms with Crippen LogP contribution in [0.4, 0.5) is 0 Å². The number of thiophene rings is 1. The monoisotopic (exact) mass is 384 g/mol. The summed E-state index contributed by atoms with van der Waals surface area (Å²) in [5, 5.41) is 7.41. The van der Waals surface area contributed by atoms with Crippen LogP contribution < -0.4 is 0 Å². The Balaban J connectivity index is 1.94. The van der Waals surface area contributed by atoms with Crippen molar-refractivity contribution in [2.45, 2.75) is 40.0 Å². The van der Waals surface area contributed by atoms with Crippen LogP contribution in [0, 0.1) is 5.92 Å². The molecule has 0 amide bonds. The molecule has 0 saturated carbocycles. The molecule has 142 valence electrons. The van der Waals surface area contributed by atoms with Gasteiger partial charge in [-0.3, -0.25) is 0 Å². The van der Waals surface area contributed by atoms with Crippen molar-refractivity contribution in [2.24, 2.45) is 5.92 Å². The van der Waals surface area contributed by atoms with Gasteiger partial charge < -0.3 is 0 Å². The van der Waals surface area contributed by atoms with Crippen LogP contribution in [0.15, 0.2) is 77.0 Å². The summed E-state index contributed by atoms with van der Waals surface area (Å²) in [5.74, 6) is 0.748. The quantitative estimate of drug-likeness (QED) is 0.387. The van der Waals surface area contributed by atoms with Gasteiger partial charge in [-0.05, 0) is 94.5 Å². The Bertz CT molecular complexity index is 1060. The van der Waals surface area contributed by atoms with Crippen molar-refractivity contribution < 1.29 is 0 Å². The molecule has 1 atom stereocenters. The van der Waals surface area contributed by atoms with E-state index in [1.807, 2.05) is 11.3 Å². The van der Waals surface area contributed by atoms with Gasteiger partial charge in [0.1, 0.15) is 0 Å². The lowest BCUT2D eigenvalue weighted by atomic mass is 9.86. The lowest BCUT2D eigenvalue weighted by Gasteiger charge is -2.18. The Morgan fingerprint density at radius 3 is 2.71 bits per heavy atom. The summed E-state index contributed by atoms with van der Waals surface area (Å²) in [7, 11) is 0. The third-order valence-electron chi connectivity index (χ3n) is 5.79. The van der Waals surface area contributed by atoms with Crippen LogP contribution in [0.3, 0.4) is 0 Å². The number of benzene rings is 2. The molecule has 0 saturated heterocycles. The molecule has 0 nitrogen and oxygen atoms in total. The van der Waals surface area contributed by atoms with Crippen LogP contribution in [0.5, 0.6) is 0 Å². The minimum absolute atomic E-state index is 0.748. The van der Waals surface area contributed by atoms with Crippen molar-refractivity contribution in [3.05, 3.63) is 88.2 Å². The van der Waals surface area contributed by atoms with Gasteiger partial charge in [0.25, 0.3) is 0 Å². The molecule has 3 aromatic rings. The summed E-state index contributed by atoms with van der Waals surface area (Å²) in [6.07, 6.45) is 12.5. The molecule has 1 heteroatoms. The van der Waals surface area contributed by atoms with Crippen molar-refractivity contribution in [3.63, 3.8) is 0 Å². The summed E-state index contributed by atoms with van der Waals surface area (Å²) >= 11 is 1.81. The molecular weight excluding hydrogens is 356 g/mol. The number of rotatable bonds is 5. The maximum atomic E-state index is 2.47. The highest BCUT2D eigenvalue weighted by Crippen LogP contribution is 2.43. The van der Waals surface area contributed by atoms with Crippen molar-refractivity contribution in [3.8, 4) is 11.1 Å². The van der Waals surface area contributed by atoms with Gasteiger partial charge in [-0.1, -0.05) is 67.1 Å². The van der Waals surface area contributed by atoms with E-state index in [1.165, 1.54) is 57.0 Å². The zero-order chi connectivity index (χ0) is 19.5. The molecule has 0 fully saturated rings. The molecule has 1 unspecified atom stereocenters. The minimum Gasteiger partial charge on any atom is -0.151 e. The van der Waals surface area contributed by atoms with Gasteiger partial charge in [-0.25, -0.2) is 0 Å². The van der Waals surface area contributed by atoms with Crippen molar-refractivity contribution in [1.29, 1.82) is 0 Å². The van der Waals surface area contributed by atoms with E-state index < -0.39 is 0 Å². The lowest BCUT2D eigenvalue weighted by Crippen LogP contribution is -1.97. The molecule has 28 heavy (non-hydrogen) atoms. The second-order valence-corrected chi connectivity index (χ2v) is 8.68. The van der Waals surface area contributed by atoms with E-state index in [9.17, 15) is 0 Å². The van der Waals surface area contributed by atoms with Gasteiger partial charge in [-0.15, -0.1) is 0 Å². The smallest absolute Gasteiger partial charge is 0.00114 e. The first kappa shape index (κ1) is 19.0. The number of hydrogen-bond donors (Lipinski definition) is 0. The van der Waals surface area contributed by atoms with Crippen LogP contribution in [0.25, 0.3) is 27.5 Å². The van der Waals surface area contributed by atoms with Crippen LogP contribution in [-0.2, 0) is 6.42 Å². The Hall–Kier alpha value is -2.38. The topological polar surface area (TPSA) is 0 Å². The van der Waals surface area contributed by atoms with Crippen molar-refractivity contribution >= 4 is 27.7 Å². The summed E-state index contributed by atoms with van der Waals surface area (Å²) < 4.78 is 0. The molecule has 1 aliphatic rings. The molecule has 2 aromatic carbocycles. The molecule has 0 aliphatic heterocycles. The predicted molar refractivity (Wildman–Crippen MR) is 126 cm³/mol. The molecule has 1 heterocycles. The van der Waals surface area contributed by atoms with E-state index in [0.717, 1.165) is 12.3 Å². The van der Waals surface area contributed by atoms with Gasteiger partial charge in [0.15, 0.2) is 0 Å². The highest BCUT2D eigenvalue weighted by atomic mass is 32.1. The van der Waals surface area contributed by atoms with Crippen LogP contribution in [0.2, 0.25) is 0 Å².